The van der Waals surface area contributed by atoms with Crippen LogP contribution in [-0.4, -0.2) is 4.98 Å². The Labute approximate surface area is 85.7 Å². The van der Waals surface area contributed by atoms with Crippen molar-refractivity contribution in [2.45, 2.75) is 18.8 Å². The highest BCUT2D eigenvalue weighted by Crippen LogP contribution is 2.38. The maximum atomic E-state index is 12.9. The number of benzene rings is 1. The lowest BCUT2D eigenvalue weighted by Gasteiger charge is -2.02. The Hall–Kier alpha value is -1.64. The van der Waals surface area contributed by atoms with Crippen molar-refractivity contribution in [3.05, 3.63) is 46.0 Å². The highest BCUT2D eigenvalue weighted by atomic mass is 19.1. The van der Waals surface area contributed by atoms with Crippen molar-refractivity contribution in [3.8, 4) is 0 Å². The van der Waals surface area contributed by atoms with Crippen molar-refractivity contribution < 1.29 is 4.39 Å². The molecule has 3 rings (SSSR count). The summed E-state index contributed by atoms with van der Waals surface area (Å²) in [5, 5.41) is 0.430. The first-order chi connectivity index (χ1) is 7.24. The summed E-state index contributed by atoms with van der Waals surface area (Å²) in [5.41, 5.74) is 1.62. The Bertz CT molecular complexity index is 584. The fourth-order valence-electron chi connectivity index (χ4n) is 1.85. The molecule has 0 unspecified atom stereocenters. The number of pyridine rings is 1. The third kappa shape index (κ3) is 1.44. The minimum atomic E-state index is -0.368. The molecular weight excluding hydrogens is 193 g/mol. The van der Waals surface area contributed by atoms with E-state index < -0.39 is 0 Å². The second-order valence-corrected chi connectivity index (χ2v) is 4.05. The molecule has 1 fully saturated rings. The molecule has 0 amide bonds. The van der Waals surface area contributed by atoms with Crippen LogP contribution in [0.5, 0.6) is 0 Å². The fraction of sp³-hybridized carbons (Fsp3) is 0.250. The van der Waals surface area contributed by atoms with Gasteiger partial charge in [0.25, 0.3) is 0 Å². The van der Waals surface area contributed by atoms with Crippen molar-refractivity contribution in [1.29, 1.82) is 0 Å². The zero-order valence-corrected chi connectivity index (χ0v) is 8.09. The minimum absolute atomic E-state index is 0.0925. The molecule has 0 bridgehead atoms. The van der Waals surface area contributed by atoms with E-state index in [2.05, 4.69) is 4.98 Å². The van der Waals surface area contributed by atoms with E-state index in [4.69, 9.17) is 0 Å². The predicted octanol–water partition coefficient (Wildman–Crippen LogP) is 2.54. The Morgan fingerprint density at radius 1 is 1.27 bits per heavy atom. The molecule has 3 heteroatoms. The molecule has 0 saturated heterocycles. The summed E-state index contributed by atoms with van der Waals surface area (Å²) in [7, 11) is 0. The summed E-state index contributed by atoms with van der Waals surface area (Å²) in [5.74, 6) is 0.138. The Morgan fingerprint density at radius 2 is 2.07 bits per heavy atom. The topological polar surface area (TPSA) is 32.9 Å². The van der Waals surface area contributed by atoms with Crippen LogP contribution in [0.25, 0.3) is 10.9 Å². The lowest BCUT2D eigenvalue weighted by atomic mass is 10.1. The van der Waals surface area contributed by atoms with Gasteiger partial charge >= 0.3 is 0 Å². The normalized spacial score (nSPS) is 15.8. The summed E-state index contributed by atoms with van der Waals surface area (Å²) < 4.78 is 12.9. The molecule has 76 valence electrons. The van der Waals surface area contributed by atoms with Crippen LogP contribution in [0.3, 0.4) is 0 Å². The van der Waals surface area contributed by atoms with Gasteiger partial charge in [0, 0.05) is 22.7 Å². The maximum Gasteiger partial charge on any atom is 0.189 e. The zero-order valence-electron chi connectivity index (χ0n) is 8.09. The first-order valence-corrected chi connectivity index (χ1v) is 5.06. The molecular formula is C12H10FNO. The summed E-state index contributed by atoms with van der Waals surface area (Å²) in [6.07, 6.45) is 2.28. The maximum absolute atomic E-state index is 12.9. The van der Waals surface area contributed by atoms with Gasteiger partial charge in [0.1, 0.15) is 5.82 Å². The van der Waals surface area contributed by atoms with Crippen LogP contribution in [-0.2, 0) is 0 Å². The van der Waals surface area contributed by atoms with Gasteiger partial charge in [0.05, 0.1) is 0 Å². The van der Waals surface area contributed by atoms with E-state index in [0.29, 0.717) is 11.3 Å². The average Bonchev–Trinajstić information content (AvgIpc) is 3.02. The van der Waals surface area contributed by atoms with Gasteiger partial charge in [0.15, 0.2) is 5.43 Å². The van der Waals surface area contributed by atoms with Gasteiger partial charge in [-0.1, -0.05) is 0 Å². The molecule has 2 nitrogen and oxygen atoms in total. The summed E-state index contributed by atoms with van der Waals surface area (Å²) in [4.78, 5) is 14.9. The van der Waals surface area contributed by atoms with Crippen molar-refractivity contribution in [2.75, 3.05) is 0 Å². The van der Waals surface area contributed by atoms with E-state index in [1.165, 1.54) is 12.1 Å². The number of rotatable bonds is 1. The van der Waals surface area contributed by atoms with Gasteiger partial charge in [0.2, 0.25) is 0 Å². The molecule has 1 aromatic carbocycles. The summed E-state index contributed by atoms with van der Waals surface area (Å²) >= 11 is 0. The molecule has 2 aromatic rings. The van der Waals surface area contributed by atoms with Crippen LogP contribution in [0.2, 0.25) is 0 Å². The number of nitrogens with one attached hydrogen (secondary N) is 1. The summed E-state index contributed by atoms with van der Waals surface area (Å²) in [6, 6.07) is 5.87. The second-order valence-electron chi connectivity index (χ2n) is 4.05. The summed E-state index contributed by atoms with van der Waals surface area (Å²) in [6.45, 7) is 0. The van der Waals surface area contributed by atoms with E-state index in [0.717, 1.165) is 24.1 Å². The number of aromatic amines is 1. The van der Waals surface area contributed by atoms with E-state index in [1.54, 1.807) is 12.1 Å². The van der Waals surface area contributed by atoms with Crippen LogP contribution in [0.15, 0.2) is 29.1 Å². The van der Waals surface area contributed by atoms with Crippen molar-refractivity contribution in [2.24, 2.45) is 0 Å². The molecule has 15 heavy (non-hydrogen) atoms. The Morgan fingerprint density at radius 3 is 2.80 bits per heavy atom. The van der Waals surface area contributed by atoms with E-state index in [-0.39, 0.29) is 11.2 Å². The average molecular weight is 203 g/mol. The highest BCUT2D eigenvalue weighted by Gasteiger charge is 2.24. The number of aromatic nitrogens is 1. The quantitative estimate of drug-likeness (QED) is 0.759. The number of hydrogen-bond donors (Lipinski definition) is 1. The van der Waals surface area contributed by atoms with Crippen molar-refractivity contribution in [3.63, 3.8) is 0 Å². The van der Waals surface area contributed by atoms with Gasteiger partial charge in [-0.3, -0.25) is 4.79 Å². The lowest BCUT2D eigenvalue weighted by molar-refractivity contribution is 0.629. The van der Waals surface area contributed by atoms with Crippen molar-refractivity contribution >= 4 is 10.9 Å². The molecule has 1 saturated carbocycles. The molecule has 0 spiro atoms. The molecule has 0 atom stereocenters. The lowest BCUT2D eigenvalue weighted by Crippen LogP contribution is -2.04. The number of hydrogen-bond acceptors (Lipinski definition) is 1. The van der Waals surface area contributed by atoms with Crippen LogP contribution in [0.4, 0.5) is 4.39 Å². The molecule has 1 aliphatic carbocycles. The van der Waals surface area contributed by atoms with Gasteiger partial charge in [-0.15, -0.1) is 0 Å². The predicted molar refractivity (Wildman–Crippen MR) is 56.5 cm³/mol. The first-order valence-electron chi connectivity index (χ1n) is 5.06. The van der Waals surface area contributed by atoms with Crippen molar-refractivity contribution in [1.82, 2.24) is 4.98 Å². The van der Waals surface area contributed by atoms with E-state index in [1.807, 2.05) is 0 Å². The van der Waals surface area contributed by atoms with Gasteiger partial charge in [-0.2, -0.15) is 0 Å². The standard InChI is InChI=1S/C12H10FNO/c13-8-3-4-10-9(5-8)12(15)6-11(14-10)7-1-2-7/h3-7H,1-2H2,(H,14,15). The third-order valence-electron chi connectivity index (χ3n) is 2.83. The molecule has 1 heterocycles. The Kier molecular flexibility index (Phi) is 1.69. The molecule has 1 aliphatic rings. The molecule has 1 N–H and O–H groups in total. The number of fused-ring (bicyclic) bond motifs is 1. The third-order valence-corrected chi connectivity index (χ3v) is 2.83. The zero-order chi connectivity index (χ0) is 10.4. The molecule has 0 radical (unpaired) electrons. The van der Waals surface area contributed by atoms with Crippen LogP contribution < -0.4 is 5.43 Å². The fourth-order valence-corrected chi connectivity index (χ4v) is 1.85. The highest BCUT2D eigenvalue weighted by molar-refractivity contribution is 5.78. The monoisotopic (exact) mass is 203 g/mol. The second kappa shape index (κ2) is 2.92. The van der Waals surface area contributed by atoms with E-state index in [9.17, 15) is 9.18 Å². The molecule has 1 aromatic heterocycles. The van der Waals surface area contributed by atoms with Gasteiger partial charge in [-0.25, -0.2) is 4.39 Å². The molecule has 0 aliphatic heterocycles. The first kappa shape index (κ1) is 8.65. The Balaban J connectivity index is 2.31. The smallest absolute Gasteiger partial charge is 0.189 e. The van der Waals surface area contributed by atoms with Crippen LogP contribution >= 0.6 is 0 Å². The minimum Gasteiger partial charge on any atom is -0.358 e. The number of H-pyrrole nitrogens is 1. The SMILES string of the molecule is O=c1cc(C2CC2)[nH]c2ccc(F)cc12. The largest absolute Gasteiger partial charge is 0.358 e. The van der Waals surface area contributed by atoms with Crippen LogP contribution in [0, 0.1) is 5.82 Å². The van der Waals surface area contributed by atoms with Gasteiger partial charge in [-0.05, 0) is 37.0 Å². The van der Waals surface area contributed by atoms with Crippen LogP contribution in [0.1, 0.15) is 24.5 Å². The van der Waals surface area contributed by atoms with E-state index >= 15 is 0 Å². The van der Waals surface area contributed by atoms with Gasteiger partial charge < -0.3 is 4.98 Å². The number of halogens is 1.